The Balaban J connectivity index is 1.36. The van der Waals surface area contributed by atoms with E-state index in [9.17, 15) is 10.5 Å². The zero-order valence-corrected chi connectivity index (χ0v) is 27.5. The number of aromatic nitrogens is 2. The molecule has 2 heterocycles. The molecular formula is C46H24N6. The van der Waals surface area contributed by atoms with Crippen molar-refractivity contribution in [1.82, 2.24) is 9.13 Å². The van der Waals surface area contributed by atoms with Gasteiger partial charge in [-0.3, -0.25) is 0 Å². The number of hydrogen-bond acceptors (Lipinski definition) is 2. The van der Waals surface area contributed by atoms with E-state index in [0.717, 1.165) is 66.1 Å². The molecule has 6 nitrogen and oxygen atoms in total. The number of benzene rings is 7. The van der Waals surface area contributed by atoms with Crippen LogP contribution in [0, 0.1) is 35.8 Å². The van der Waals surface area contributed by atoms with E-state index < -0.39 is 0 Å². The Hall–Kier alpha value is -7.90. The number of hydrogen-bond donors (Lipinski definition) is 0. The summed E-state index contributed by atoms with van der Waals surface area (Å²) in [5, 5.41) is 24.2. The van der Waals surface area contributed by atoms with Gasteiger partial charge in [0.25, 0.3) is 0 Å². The Kier molecular flexibility index (Phi) is 6.91. The van der Waals surface area contributed by atoms with Crippen molar-refractivity contribution in [2.24, 2.45) is 0 Å². The van der Waals surface area contributed by atoms with Crippen LogP contribution >= 0.6 is 0 Å². The van der Waals surface area contributed by atoms with Crippen molar-refractivity contribution in [2.45, 2.75) is 0 Å². The maximum Gasteiger partial charge on any atom is 0.196 e. The maximum atomic E-state index is 10.0. The summed E-state index contributed by atoms with van der Waals surface area (Å²) in [5.74, 6) is 0. The lowest BCUT2D eigenvalue weighted by molar-refractivity contribution is 1.17. The van der Waals surface area contributed by atoms with E-state index in [4.69, 9.17) is 13.1 Å². The predicted molar refractivity (Wildman–Crippen MR) is 208 cm³/mol. The normalized spacial score (nSPS) is 11.0. The van der Waals surface area contributed by atoms with E-state index in [-0.39, 0.29) is 0 Å². The first-order valence-corrected chi connectivity index (χ1v) is 16.6. The SMILES string of the molecule is [C-]#[N+]c1cccc(C#N)c1-c1ccc2c(c1)c1cc(-c3c(C#N)cccc3[N+]#[C-])ccc1n2-c1ccc2c(c1)c1ccccc1n2-c1ccccc1. The van der Waals surface area contributed by atoms with Gasteiger partial charge in [-0.05, 0) is 83.9 Å². The van der Waals surface area contributed by atoms with Gasteiger partial charge in [-0.2, -0.15) is 10.5 Å². The Labute approximate surface area is 299 Å². The molecule has 0 saturated carbocycles. The molecule has 9 rings (SSSR count). The summed E-state index contributed by atoms with van der Waals surface area (Å²) < 4.78 is 4.53. The minimum atomic E-state index is 0.410. The Bertz CT molecular complexity index is 2920. The summed E-state index contributed by atoms with van der Waals surface area (Å²) in [6, 6.07) is 52.5. The third-order valence-corrected chi connectivity index (χ3v) is 9.84. The minimum Gasteiger partial charge on any atom is -0.309 e. The lowest BCUT2D eigenvalue weighted by Crippen LogP contribution is -1.96. The van der Waals surface area contributed by atoms with Crippen LogP contribution in [0.1, 0.15) is 11.1 Å². The largest absolute Gasteiger partial charge is 0.309 e. The summed E-state index contributed by atoms with van der Waals surface area (Å²) in [4.78, 5) is 7.51. The number of nitrogens with zero attached hydrogens (tertiary/aromatic N) is 6. The second-order valence-electron chi connectivity index (χ2n) is 12.5. The molecule has 0 radical (unpaired) electrons. The van der Waals surface area contributed by atoms with Crippen molar-refractivity contribution in [3.8, 4) is 45.8 Å². The van der Waals surface area contributed by atoms with Crippen LogP contribution in [-0.2, 0) is 0 Å². The Morgan fingerprint density at radius 2 is 0.904 bits per heavy atom. The van der Waals surface area contributed by atoms with Gasteiger partial charge in [0.05, 0.1) is 47.3 Å². The zero-order chi connectivity index (χ0) is 35.3. The maximum absolute atomic E-state index is 10.0. The monoisotopic (exact) mass is 660 g/mol. The molecule has 0 unspecified atom stereocenters. The predicted octanol–water partition coefficient (Wildman–Crippen LogP) is 12.1. The summed E-state index contributed by atoms with van der Waals surface area (Å²) in [6.45, 7) is 15.7. The van der Waals surface area contributed by atoms with Gasteiger partial charge >= 0.3 is 0 Å². The molecule has 0 amide bonds. The van der Waals surface area contributed by atoms with Gasteiger partial charge in [0.1, 0.15) is 0 Å². The second-order valence-corrected chi connectivity index (χ2v) is 12.5. The average Bonchev–Trinajstić information content (AvgIpc) is 3.72. The number of rotatable bonds is 4. The fraction of sp³-hybridized carbons (Fsp3) is 0. The standard InChI is InChI=1S/C46H24N6/c1-49-39-15-8-10-31(27-47)45(39)29-18-21-42-36(24-29)37-25-30(46-32(28-48)11-9-16-40(46)50-2)19-22-43(37)52(42)34-20-23-44-38(26-34)35-14-6-7-17-41(35)51(44)33-12-4-3-5-13-33/h3-26H. The lowest BCUT2D eigenvalue weighted by atomic mass is 9.95. The first kappa shape index (κ1) is 30.2. The van der Waals surface area contributed by atoms with Crippen LogP contribution in [0.15, 0.2) is 146 Å². The molecule has 0 spiro atoms. The highest BCUT2D eigenvalue weighted by Gasteiger charge is 2.20. The zero-order valence-electron chi connectivity index (χ0n) is 27.5. The van der Waals surface area contributed by atoms with Crippen LogP contribution in [0.4, 0.5) is 11.4 Å². The molecular weight excluding hydrogens is 637 g/mol. The molecule has 0 fully saturated rings. The number of para-hydroxylation sites is 2. The van der Waals surface area contributed by atoms with Gasteiger partial charge in [0.2, 0.25) is 0 Å². The minimum absolute atomic E-state index is 0.410. The molecule has 0 aliphatic carbocycles. The van der Waals surface area contributed by atoms with E-state index in [0.29, 0.717) is 33.6 Å². The van der Waals surface area contributed by atoms with Crippen molar-refractivity contribution in [3.63, 3.8) is 0 Å². The van der Waals surface area contributed by atoms with E-state index in [1.54, 1.807) is 36.4 Å². The highest BCUT2D eigenvalue weighted by Crippen LogP contribution is 2.43. The van der Waals surface area contributed by atoms with Gasteiger partial charge in [-0.1, -0.05) is 72.8 Å². The first-order chi connectivity index (χ1) is 25.6. The molecule has 7 aromatic carbocycles. The molecule has 9 aromatic rings. The highest BCUT2D eigenvalue weighted by atomic mass is 15.0. The summed E-state index contributed by atoms with van der Waals surface area (Å²) >= 11 is 0. The third kappa shape index (κ3) is 4.47. The molecule has 0 saturated heterocycles. The van der Waals surface area contributed by atoms with Crippen LogP contribution in [0.5, 0.6) is 0 Å². The molecule has 2 aromatic heterocycles. The van der Waals surface area contributed by atoms with Crippen LogP contribution in [-0.4, -0.2) is 9.13 Å². The highest BCUT2D eigenvalue weighted by molar-refractivity contribution is 6.14. The van der Waals surface area contributed by atoms with E-state index in [1.807, 2.05) is 18.2 Å². The molecule has 0 atom stereocenters. The fourth-order valence-electron chi connectivity index (χ4n) is 7.63. The summed E-state index contributed by atoms with van der Waals surface area (Å²) in [6.07, 6.45) is 0. The third-order valence-electron chi connectivity index (χ3n) is 9.84. The van der Waals surface area contributed by atoms with Crippen LogP contribution in [0.3, 0.4) is 0 Å². The molecule has 0 N–H and O–H groups in total. The molecule has 52 heavy (non-hydrogen) atoms. The van der Waals surface area contributed by atoms with E-state index in [2.05, 4.69) is 122 Å². The first-order valence-electron chi connectivity index (χ1n) is 16.6. The van der Waals surface area contributed by atoms with Crippen molar-refractivity contribution in [1.29, 1.82) is 10.5 Å². The number of nitriles is 2. The van der Waals surface area contributed by atoms with E-state index >= 15 is 0 Å². The topological polar surface area (TPSA) is 66.2 Å². The quantitative estimate of drug-likeness (QED) is 0.176. The number of fused-ring (bicyclic) bond motifs is 6. The average molecular weight is 661 g/mol. The molecule has 0 aliphatic rings. The van der Waals surface area contributed by atoms with Crippen LogP contribution in [0.2, 0.25) is 0 Å². The lowest BCUT2D eigenvalue weighted by Gasteiger charge is -2.11. The van der Waals surface area contributed by atoms with Gasteiger partial charge in [-0.15, -0.1) is 0 Å². The van der Waals surface area contributed by atoms with Gasteiger partial charge in [-0.25, -0.2) is 9.69 Å². The van der Waals surface area contributed by atoms with Crippen molar-refractivity contribution in [2.75, 3.05) is 0 Å². The Morgan fingerprint density at radius 1 is 0.423 bits per heavy atom. The van der Waals surface area contributed by atoms with Crippen molar-refractivity contribution in [3.05, 3.63) is 180 Å². The van der Waals surface area contributed by atoms with Crippen LogP contribution < -0.4 is 0 Å². The molecule has 238 valence electrons. The van der Waals surface area contributed by atoms with Crippen molar-refractivity contribution >= 4 is 55.0 Å². The molecule has 6 heteroatoms. The van der Waals surface area contributed by atoms with Gasteiger partial charge < -0.3 is 9.13 Å². The second kappa shape index (κ2) is 11.9. The fourth-order valence-corrected chi connectivity index (χ4v) is 7.63. The Morgan fingerprint density at radius 3 is 1.46 bits per heavy atom. The van der Waals surface area contributed by atoms with Gasteiger partial charge in [0.15, 0.2) is 11.4 Å². The van der Waals surface area contributed by atoms with Crippen LogP contribution in [0.25, 0.3) is 86.9 Å². The summed E-state index contributed by atoms with van der Waals surface area (Å²) in [5.41, 5.74) is 10.6. The summed E-state index contributed by atoms with van der Waals surface area (Å²) in [7, 11) is 0. The molecule has 0 bridgehead atoms. The van der Waals surface area contributed by atoms with Gasteiger partial charge in [0, 0.05) is 55.2 Å². The molecule has 0 aliphatic heterocycles. The van der Waals surface area contributed by atoms with E-state index in [1.165, 1.54) is 0 Å². The smallest absolute Gasteiger partial charge is 0.196 e. The van der Waals surface area contributed by atoms with Crippen molar-refractivity contribution < 1.29 is 0 Å².